The third-order valence-electron chi connectivity index (χ3n) is 3.28. The molecule has 0 bridgehead atoms. The Morgan fingerprint density at radius 2 is 0.870 bits per heavy atom. The third kappa shape index (κ3) is 3.44. The molecule has 0 radical (unpaired) electrons. The van der Waals surface area contributed by atoms with E-state index in [0.717, 1.165) is 0 Å². The molecule has 126 valence electrons. The average Bonchev–Trinajstić information content (AvgIpc) is 2.59. The number of halogens is 2. The van der Waals surface area contributed by atoms with Gasteiger partial charge in [-0.15, -0.1) is 0 Å². The zero-order valence-electron chi connectivity index (χ0n) is 13.3. The first-order chi connectivity index (χ1) is 11.0. The van der Waals surface area contributed by atoms with Gasteiger partial charge in [-0.25, -0.2) is 0 Å². The van der Waals surface area contributed by atoms with E-state index in [2.05, 4.69) is 0 Å². The molecule has 0 amide bonds. The minimum absolute atomic E-state index is 0.587. The van der Waals surface area contributed by atoms with Crippen LogP contribution in [0.1, 0.15) is 0 Å². The van der Waals surface area contributed by atoms with E-state index in [4.69, 9.17) is 36.9 Å². The molecule has 0 N–H and O–H groups in total. The molecule has 2 aromatic rings. The van der Waals surface area contributed by atoms with Gasteiger partial charge in [0, 0.05) is 0 Å². The van der Waals surface area contributed by atoms with Crippen LogP contribution in [0.15, 0.2) is 36.4 Å². The Morgan fingerprint density at radius 3 is 1.09 bits per heavy atom. The van der Waals surface area contributed by atoms with Crippen LogP contribution in [-0.4, -0.2) is 44.4 Å². The first-order valence-corrected chi connectivity index (χ1v) is 14.9. The number of ether oxygens (including phenoxy) is 4. The molecule has 0 heterocycles. The Morgan fingerprint density at radius 1 is 0.609 bits per heavy atom. The fourth-order valence-corrected chi connectivity index (χ4v) is 11.5. The van der Waals surface area contributed by atoms with Gasteiger partial charge in [-0.05, 0) is 0 Å². The van der Waals surface area contributed by atoms with Crippen molar-refractivity contribution in [1.82, 2.24) is 0 Å². The maximum absolute atomic E-state index is 6.96. The van der Waals surface area contributed by atoms with Gasteiger partial charge in [0.2, 0.25) is 0 Å². The van der Waals surface area contributed by atoms with Crippen molar-refractivity contribution < 1.29 is 18.9 Å². The summed E-state index contributed by atoms with van der Waals surface area (Å²) < 4.78 is 23.2. The van der Waals surface area contributed by atoms with Crippen molar-refractivity contribution in [1.29, 1.82) is 0 Å². The predicted octanol–water partition coefficient (Wildman–Crippen LogP) is 2.76. The molecule has 0 aliphatic heterocycles. The molecule has 0 saturated carbocycles. The second kappa shape index (κ2) is 7.72. The van der Waals surface area contributed by atoms with Crippen LogP contribution in [0, 0.1) is 0 Å². The molecule has 0 aliphatic carbocycles. The summed E-state index contributed by atoms with van der Waals surface area (Å²) in [7, 11) is 20.2. The normalized spacial score (nSPS) is 11.7. The van der Waals surface area contributed by atoms with E-state index < -0.39 is 15.9 Å². The summed E-state index contributed by atoms with van der Waals surface area (Å²) >= 11 is -3.92. The van der Waals surface area contributed by atoms with Crippen LogP contribution in [0.25, 0.3) is 0 Å². The van der Waals surface area contributed by atoms with E-state index >= 15 is 0 Å². The topological polar surface area (TPSA) is 36.9 Å². The Bertz CT molecular complexity index is 590. The molecular weight excluding hydrogens is 455 g/mol. The van der Waals surface area contributed by atoms with Crippen LogP contribution in [0.2, 0.25) is 0 Å². The molecule has 4 nitrogen and oxygen atoms in total. The Labute approximate surface area is 147 Å². The van der Waals surface area contributed by atoms with E-state index in [9.17, 15) is 0 Å². The number of rotatable bonds is 6. The van der Waals surface area contributed by atoms with Crippen molar-refractivity contribution in [2.45, 2.75) is 0 Å². The number of methoxy groups -OCH3 is 4. The van der Waals surface area contributed by atoms with Crippen LogP contribution in [0.5, 0.6) is 23.0 Å². The Hall–Kier alpha value is -0.990. The molecule has 2 aromatic carbocycles. The first-order valence-electron chi connectivity index (χ1n) is 6.65. The van der Waals surface area contributed by atoms with Crippen molar-refractivity contribution in [3.05, 3.63) is 36.4 Å². The molecule has 0 fully saturated rings. The van der Waals surface area contributed by atoms with Gasteiger partial charge in [-0.2, -0.15) is 0 Å². The van der Waals surface area contributed by atoms with Crippen molar-refractivity contribution >= 4 is 41.1 Å². The van der Waals surface area contributed by atoms with Gasteiger partial charge in [-0.1, -0.05) is 0 Å². The summed E-state index contributed by atoms with van der Waals surface area (Å²) in [5, 5.41) is 0. The summed E-state index contributed by atoms with van der Waals surface area (Å²) in [6, 6.07) is 10.9. The van der Waals surface area contributed by atoms with Gasteiger partial charge in [0.15, 0.2) is 0 Å². The number of hydrogen-bond donors (Lipinski definition) is 0. The zero-order chi connectivity index (χ0) is 17.0. The second-order valence-electron chi connectivity index (χ2n) is 4.45. The number of benzene rings is 2. The maximum atomic E-state index is 6.96. The molecule has 0 unspecified atom stereocenters. The molecule has 0 saturated heterocycles. The van der Waals surface area contributed by atoms with E-state index in [1.165, 1.54) is 0 Å². The van der Waals surface area contributed by atoms with E-state index in [1.54, 1.807) is 28.4 Å². The van der Waals surface area contributed by atoms with Gasteiger partial charge < -0.3 is 0 Å². The summed E-state index contributed by atoms with van der Waals surface area (Å²) in [5.41, 5.74) is 0. The molecule has 0 aliphatic rings. The molecule has 23 heavy (non-hydrogen) atoms. The summed E-state index contributed by atoms with van der Waals surface area (Å²) in [6.07, 6.45) is 0. The van der Waals surface area contributed by atoms with Gasteiger partial charge in [-0.3, -0.25) is 0 Å². The molecule has 0 spiro atoms. The van der Waals surface area contributed by atoms with Crippen LogP contribution in [-0.2, 0) is 0 Å². The van der Waals surface area contributed by atoms with Crippen molar-refractivity contribution in [2.24, 2.45) is 0 Å². The molecule has 0 atom stereocenters. The molecular formula is C16H18Cl2O4Te. The average molecular weight is 473 g/mol. The van der Waals surface area contributed by atoms with E-state index in [-0.39, 0.29) is 0 Å². The van der Waals surface area contributed by atoms with Crippen molar-refractivity contribution in [3.8, 4) is 23.0 Å². The van der Waals surface area contributed by atoms with E-state index in [1.807, 2.05) is 36.4 Å². The fourth-order valence-electron chi connectivity index (χ4n) is 2.24. The van der Waals surface area contributed by atoms with Crippen molar-refractivity contribution in [3.63, 3.8) is 0 Å². The molecule has 2 rings (SSSR count). The van der Waals surface area contributed by atoms with E-state index in [0.29, 0.717) is 30.2 Å². The molecule has 0 aromatic heterocycles. The SMILES string of the molecule is COc1cccc(OC)c1[Te](Cl)(Cl)c1c(OC)cccc1OC. The first kappa shape index (κ1) is 18.3. The van der Waals surface area contributed by atoms with Crippen LogP contribution in [0.3, 0.4) is 0 Å². The predicted molar refractivity (Wildman–Crippen MR) is 95.8 cm³/mol. The van der Waals surface area contributed by atoms with Gasteiger partial charge in [0.25, 0.3) is 0 Å². The van der Waals surface area contributed by atoms with Gasteiger partial charge in [0.1, 0.15) is 0 Å². The standard InChI is InChI=1S/C16H18Cl2O4Te/c1-19-11-7-5-8-12(20-2)15(11)23(17,18)16-13(21-3)9-6-10-14(16)22-4/h5-10H,1-4H3. The zero-order valence-corrected chi connectivity index (χ0v) is 17.1. The van der Waals surface area contributed by atoms with Gasteiger partial charge >= 0.3 is 148 Å². The van der Waals surface area contributed by atoms with Crippen LogP contribution < -0.4 is 26.2 Å². The van der Waals surface area contributed by atoms with Crippen molar-refractivity contribution in [2.75, 3.05) is 28.4 Å². The monoisotopic (exact) mass is 474 g/mol. The summed E-state index contributed by atoms with van der Waals surface area (Å²) in [4.78, 5) is 0. The second-order valence-corrected chi connectivity index (χ2v) is 16.7. The summed E-state index contributed by atoms with van der Waals surface area (Å²) in [5.74, 6) is 2.35. The fraction of sp³-hybridized carbons (Fsp3) is 0.250. The van der Waals surface area contributed by atoms with Crippen LogP contribution in [0.4, 0.5) is 0 Å². The quantitative estimate of drug-likeness (QED) is 0.606. The third-order valence-corrected chi connectivity index (χ3v) is 12.6. The summed E-state index contributed by atoms with van der Waals surface area (Å²) in [6.45, 7) is 0. The van der Waals surface area contributed by atoms with Gasteiger partial charge in [0.05, 0.1) is 0 Å². The Kier molecular flexibility index (Phi) is 6.16. The Balaban J connectivity index is 2.78. The molecule has 7 heteroatoms. The number of hydrogen-bond acceptors (Lipinski definition) is 4. The van der Waals surface area contributed by atoms with Crippen LogP contribution >= 0.6 is 17.9 Å². The minimum atomic E-state index is -3.92.